The maximum atomic E-state index is 4.15. The lowest BCUT2D eigenvalue weighted by Crippen LogP contribution is -2.24. The Morgan fingerprint density at radius 2 is 2.40 bits per heavy atom. The van der Waals surface area contributed by atoms with Gasteiger partial charge in [0.25, 0.3) is 0 Å². The van der Waals surface area contributed by atoms with E-state index in [0.29, 0.717) is 0 Å². The Bertz CT molecular complexity index is 186. The third kappa shape index (κ3) is 2.09. The summed E-state index contributed by atoms with van der Waals surface area (Å²) < 4.78 is 1.86. The van der Waals surface area contributed by atoms with Crippen molar-refractivity contribution < 1.29 is 0 Å². The van der Waals surface area contributed by atoms with Gasteiger partial charge in [-0.25, -0.2) is 4.99 Å². The Morgan fingerprint density at radius 3 is 2.90 bits per heavy atom. The lowest BCUT2D eigenvalue weighted by atomic mass is 10.5. The molecule has 0 aromatic carbocycles. The molecule has 1 rings (SSSR count). The number of aliphatic imine (C=N–C) groups is 1. The summed E-state index contributed by atoms with van der Waals surface area (Å²) in [6, 6.07) is 0. The van der Waals surface area contributed by atoms with Gasteiger partial charge >= 0.3 is 0 Å². The van der Waals surface area contributed by atoms with Crippen LogP contribution in [-0.2, 0) is 0 Å². The molecular weight excluding hydrogens is 260 g/mol. The predicted molar refractivity (Wildman–Crippen MR) is 50.6 cm³/mol. The molecule has 0 fully saturated rings. The molecule has 1 heterocycles. The Morgan fingerprint density at radius 1 is 1.70 bits per heavy atom. The average molecular weight is 268 g/mol. The van der Waals surface area contributed by atoms with E-state index in [9.17, 15) is 0 Å². The molecule has 0 saturated carbocycles. The van der Waals surface area contributed by atoms with Crippen molar-refractivity contribution in [3.63, 3.8) is 0 Å². The van der Waals surface area contributed by atoms with E-state index in [2.05, 4.69) is 48.7 Å². The van der Waals surface area contributed by atoms with Gasteiger partial charge in [-0.2, -0.15) is 0 Å². The Hall–Kier alpha value is 0.170. The van der Waals surface area contributed by atoms with Crippen LogP contribution in [0.5, 0.6) is 0 Å². The van der Waals surface area contributed by atoms with Gasteiger partial charge in [-0.15, -0.1) is 0 Å². The fraction of sp³-hybridized carbons (Fsp3) is 0.500. The lowest BCUT2D eigenvalue weighted by molar-refractivity contribution is 0.448. The summed E-state index contributed by atoms with van der Waals surface area (Å²) in [4.78, 5) is 6.32. The van der Waals surface area contributed by atoms with Gasteiger partial charge in [-0.1, -0.05) is 0 Å². The van der Waals surface area contributed by atoms with Gasteiger partial charge in [0.1, 0.15) is 9.23 Å². The minimum atomic E-state index is 0.881. The smallest absolute Gasteiger partial charge is 0.122 e. The molecule has 0 aromatic rings. The van der Waals surface area contributed by atoms with E-state index in [1.54, 1.807) is 0 Å². The maximum absolute atomic E-state index is 4.15. The van der Waals surface area contributed by atoms with Crippen molar-refractivity contribution in [3.8, 4) is 0 Å². The Balaban J connectivity index is 2.67. The zero-order valence-electron chi connectivity index (χ0n) is 5.64. The SMILES string of the molecule is CCN1C=C(Br)N=C(Br)C1. The second-order valence-electron chi connectivity index (χ2n) is 2.00. The second-order valence-corrected chi connectivity index (χ2v) is 3.73. The van der Waals surface area contributed by atoms with Gasteiger partial charge in [0.05, 0.1) is 6.54 Å². The van der Waals surface area contributed by atoms with Crippen LogP contribution in [0.1, 0.15) is 6.92 Å². The normalized spacial score (nSPS) is 18.5. The quantitative estimate of drug-likeness (QED) is 0.666. The first-order valence-corrected chi connectivity index (χ1v) is 4.65. The van der Waals surface area contributed by atoms with Crippen molar-refractivity contribution in [1.82, 2.24) is 4.90 Å². The van der Waals surface area contributed by atoms with E-state index in [1.165, 1.54) is 0 Å². The molecule has 1 aliphatic rings. The van der Waals surface area contributed by atoms with Gasteiger partial charge in [0.15, 0.2) is 0 Å². The van der Waals surface area contributed by atoms with Gasteiger partial charge in [-0.05, 0) is 38.8 Å². The van der Waals surface area contributed by atoms with Crippen LogP contribution < -0.4 is 0 Å². The first kappa shape index (κ1) is 8.27. The van der Waals surface area contributed by atoms with Crippen LogP contribution in [0.2, 0.25) is 0 Å². The highest BCUT2D eigenvalue weighted by atomic mass is 79.9. The molecule has 4 heteroatoms. The monoisotopic (exact) mass is 266 g/mol. The van der Waals surface area contributed by atoms with E-state index in [-0.39, 0.29) is 0 Å². The third-order valence-corrected chi connectivity index (χ3v) is 2.07. The van der Waals surface area contributed by atoms with Gasteiger partial charge in [0.2, 0.25) is 0 Å². The van der Waals surface area contributed by atoms with Crippen molar-refractivity contribution in [1.29, 1.82) is 0 Å². The zero-order chi connectivity index (χ0) is 7.56. The highest BCUT2D eigenvalue weighted by Crippen LogP contribution is 2.15. The molecule has 56 valence electrons. The van der Waals surface area contributed by atoms with Crippen LogP contribution in [0.15, 0.2) is 15.8 Å². The zero-order valence-corrected chi connectivity index (χ0v) is 8.81. The van der Waals surface area contributed by atoms with E-state index < -0.39 is 0 Å². The van der Waals surface area contributed by atoms with Crippen LogP contribution in [0.4, 0.5) is 0 Å². The number of rotatable bonds is 1. The van der Waals surface area contributed by atoms with Gasteiger partial charge in [-0.3, -0.25) is 0 Å². The molecule has 0 saturated heterocycles. The van der Waals surface area contributed by atoms with E-state index in [4.69, 9.17) is 0 Å². The van der Waals surface area contributed by atoms with Crippen LogP contribution in [0.25, 0.3) is 0 Å². The predicted octanol–water partition coefficient (Wildman–Crippen LogP) is 2.31. The number of hydrogen-bond acceptors (Lipinski definition) is 2. The molecule has 0 bridgehead atoms. The van der Waals surface area contributed by atoms with Crippen LogP contribution in [0.3, 0.4) is 0 Å². The number of nitrogens with zero attached hydrogens (tertiary/aromatic N) is 2. The molecule has 0 aliphatic carbocycles. The van der Waals surface area contributed by atoms with Crippen molar-refractivity contribution in [2.75, 3.05) is 13.1 Å². The largest absolute Gasteiger partial charge is 0.369 e. The lowest BCUT2D eigenvalue weighted by Gasteiger charge is -2.20. The fourth-order valence-electron chi connectivity index (χ4n) is 0.747. The summed E-state index contributed by atoms with van der Waals surface area (Å²) in [5.41, 5.74) is 0. The van der Waals surface area contributed by atoms with Crippen molar-refractivity contribution in [2.45, 2.75) is 6.92 Å². The van der Waals surface area contributed by atoms with Crippen LogP contribution >= 0.6 is 31.9 Å². The minimum Gasteiger partial charge on any atom is -0.369 e. The molecule has 0 unspecified atom stereocenters. The van der Waals surface area contributed by atoms with Crippen LogP contribution in [-0.4, -0.2) is 22.6 Å². The first-order chi connectivity index (χ1) is 4.72. The summed E-state index contributed by atoms with van der Waals surface area (Å²) in [5, 5.41) is 0. The number of halogens is 2. The standard InChI is InChI=1S/C6H8Br2N2/c1-2-10-3-5(7)9-6(8)4-10/h3H,2,4H2,1H3. The molecule has 0 spiro atoms. The molecule has 0 aromatic heterocycles. The second kappa shape index (κ2) is 3.53. The highest BCUT2D eigenvalue weighted by molar-refractivity contribution is 9.18. The minimum absolute atomic E-state index is 0.881. The Labute approximate surface area is 77.3 Å². The van der Waals surface area contributed by atoms with E-state index >= 15 is 0 Å². The van der Waals surface area contributed by atoms with Gasteiger partial charge < -0.3 is 4.90 Å². The Kier molecular flexibility index (Phi) is 2.92. The summed E-state index contributed by atoms with van der Waals surface area (Å²) in [5.74, 6) is 0. The molecule has 0 radical (unpaired) electrons. The molecule has 0 amide bonds. The summed E-state index contributed by atoms with van der Waals surface area (Å²) >= 11 is 6.66. The molecule has 2 nitrogen and oxygen atoms in total. The van der Waals surface area contributed by atoms with Crippen molar-refractivity contribution >= 4 is 36.5 Å². The summed E-state index contributed by atoms with van der Waals surface area (Å²) in [6.07, 6.45) is 1.99. The topological polar surface area (TPSA) is 15.6 Å². The molecule has 0 atom stereocenters. The average Bonchev–Trinajstić information content (AvgIpc) is 1.85. The highest BCUT2D eigenvalue weighted by Gasteiger charge is 2.07. The number of hydrogen-bond donors (Lipinski definition) is 0. The van der Waals surface area contributed by atoms with E-state index in [1.807, 2.05) is 6.20 Å². The van der Waals surface area contributed by atoms with Crippen molar-refractivity contribution in [2.24, 2.45) is 4.99 Å². The summed E-state index contributed by atoms with van der Waals surface area (Å²) in [7, 11) is 0. The van der Waals surface area contributed by atoms with Crippen LogP contribution in [0, 0.1) is 0 Å². The third-order valence-electron chi connectivity index (χ3n) is 1.26. The molecular formula is C6H8Br2N2. The fourth-order valence-corrected chi connectivity index (χ4v) is 2.00. The molecule has 0 N–H and O–H groups in total. The van der Waals surface area contributed by atoms with E-state index in [0.717, 1.165) is 22.3 Å². The maximum Gasteiger partial charge on any atom is 0.122 e. The molecule has 10 heavy (non-hydrogen) atoms. The first-order valence-electron chi connectivity index (χ1n) is 3.07. The van der Waals surface area contributed by atoms with Gasteiger partial charge in [0, 0.05) is 12.7 Å². The summed E-state index contributed by atoms with van der Waals surface area (Å²) in [6.45, 7) is 4.01. The molecule has 1 aliphatic heterocycles. The van der Waals surface area contributed by atoms with Crippen molar-refractivity contribution in [3.05, 3.63) is 10.8 Å².